The van der Waals surface area contributed by atoms with Crippen LogP contribution in [0.5, 0.6) is 0 Å². The van der Waals surface area contributed by atoms with E-state index < -0.39 is 0 Å². The third-order valence-electron chi connectivity index (χ3n) is 2.57. The summed E-state index contributed by atoms with van der Waals surface area (Å²) < 4.78 is 3.67. The Labute approximate surface area is 94.3 Å². The van der Waals surface area contributed by atoms with Crippen molar-refractivity contribution in [2.75, 3.05) is 6.54 Å². The number of nitrogens with one attached hydrogen (secondary N) is 1. The lowest BCUT2D eigenvalue weighted by Crippen LogP contribution is -2.20. The van der Waals surface area contributed by atoms with E-state index in [0.29, 0.717) is 0 Å². The first-order valence-corrected chi connectivity index (χ1v) is 5.28. The summed E-state index contributed by atoms with van der Waals surface area (Å²) in [5, 5.41) is 11.5. The Morgan fingerprint density at radius 2 is 2.12 bits per heavy atom. The van der Waals surface area contributed by atoms with Gasteiger partial charge < -0.3 is 5.32 Å². The van der Waals surface area contributed by atoms with Gasteiger partial charge in [0.2, 0.25) is 0 Å². The molecule has 6 nitrogen and oxygen atoms in total. The number of nitrogens with zero attached hydrogens (tertiary/aromatic N) is 5. The van der Waals surface area contributed by atoms with E-state index in [2.05, 4.69) is 20.5 Å². The summed E-state index contributed by atoms with van der Waals surface area (Å²) in [5.41, 5.74) is 1.23. The van der Waals surface area contributed by atoms with Gasteiger partial charge in [0.15, 0.2) is 0 Å². The van der Waals surface area contributed by atoms with Crippen LogP contribution in [0.4, 0.5) is 0 Å². The summed E-state index contributed by atoms with van der Waals surface area (Å²) in [6.45, 7) is 1.65. The van der Waals surface area contributed by atoms with Gasteiger partial charge >= 0.3 is 0 Å². The molecular weight excluding hydrogens is 204 g/mol. The van der Waals surface area contributed by atoms with Crippen molar-refractivity contribution in [2.24, 2.45) is 14.1 Å². The maximum absolute atomic E-state index is 4.14. The molecule has 2 aromatic rings. The van der Waals surface area contributed by atoms with Crippen LogP contribution in [-0.4, -0.2) is 31.1 Å². The molecular formula is C10H16N6. The van der Waals surface area contributed by atoms with E-state index in [1.165, 1.54) is 5.69 Å². The van der Waals surface area contributed by atoms with E-state index in [0.717, 1.165) is 25.3 Å². The van der Waals surface area contributed by atoms with E-state index in [1.54, 1.807) is 11.0 Å². The van der Waals surface area contributed by atoms with Gasteiger partial charge in [-0.15, -0.1) is 0 Å². The van der Waals surface area contributed by atoms with Crippen molar-refractivity contribution in [2.45, 2.75) is 13.0 Å². The SMILES string of the molecule is Cn1nccc1CCNCc1ncnn1C. The second-order valence-electron chi connectivity index (χ2n) is 3.67. The molecule has 2 rings (SSSR count). The summed E-state index contributed by atoms with van der Waals surface area (Å²) >= 11 is 0. The normalized spacial score (nSPS) is 10.9. The van der Waals surface area contributed by atoms with Gasteiger partial charge in [-0.2, -0.15) is 10.2 Å². The van der Waals surface area contributed by atoms with Crippen LogP contribution in [0.3, 0.4) is 0 Å². The Balaban J connectivity index is 1.74. The monoisotopic (exact) mass is 220 g/mol. The smallest absolute Gasteiger partial charge is 0.140 e. The summed E-state index contributed by atoms with van der Waals surface area (Å²) in [6.07, 6.45) is 4.35. The number of rotatable bonds is 5. The van der Waals surface area contributed by atoms with Crippen LogP contribution in [0.2, 0.25) is 0 Å². The predicted octanol–water partition coefficient (Wildman–Crippen LogP) is -0.119. The fraction of sp³-hybridized carbons (Fsp3) is 0.500. The van der Waals surface area contributed by atoms with Crippen LogP contribution in [0.15, 0.2) is 18.6 Å². The minimum absolute atomic E-state index is 0.744. The van der Waals surface area contributed by atoms with Gasteiger partial charge in [0.05, 0.1) is 6.54 Å². The standard InChI is InChI=1S/C10H16N6/c1-15-9(4-6-13-15)3-5-11-7-10-12-8-14-16(10)2/h4,6,8,11H,3,5,7H2,1-2H3. The van der Waals surface area contributed by atoms with Gasteiger partial charge in [-0.3, -0.25) is 9.36 Å². The van der Waals surface area contributed by atoms with Crippen molar-refractivity contribution in [3.05, 3.63) is 30.1 Å². The highest BCUT2D eigenvalue weighted by Crippen LogP contribution is 1.96. The fourth-order valence-electron chi connectivity index (χ4n) is 1.54. The van der Waals surface area contributed by atoms with E-state index in [-0.39, 0.29) is 0 Å². The Morgan fingerprint density at radius 1 is 1.25 bits per heavy atom. The lowest BCUT2D eigenvalue weighted by atomic mass is 10.3. The molecule has 0 aliphatic carbocycles. The molecule has 2 heterocycles. The average Bonchev–Trinajstić information content (AvgIpc) is 2.84. The first-order chi connectivity index (χ1) is 7.77. The van der Waals surface area contributed by atoms with Crippen molar-refractivity contribution in [3.63, 3.8) is 0 Å². The van der Waals surface area contributed by atoms with Crippen LogP contribution < -0.4 is 5.32 Å². The minimum atomic E-state index is 0.744. The third-order valence-corrected chi connectivity index (χ3v) is 2.57. The molecule has 0 fully saturated rings. The topological polar surface area (TPSA) is 60.6 Å². The summed E-state index contributed by atoms with van der Waals surface area (Å²) in [5.74, 6) is 0.949. The average molecular weight is 220 g/mol. The lowest BCUT2D eigenvalue weighted by molar-refractivity contribution is 0.600. The van der Waals surface area contributed by atoms with Gasteiger partial charge in [-0.25, -0.2) is 4.98 Å². The largest absolute Gasteiger partial charge is 0.309 e. The van der Waals surface area contributed by atoms with Gasteiger partial charge in [0.25, 0.3) is 0 Å². The van der Waals surface area contributed by atoms with Crippen molar-refractivity contribution >= 4 is 0 Å². The lowest BCUT2D eigenvalue weighted by Gasteiger charge is -2.04. The molecule has 16 heavy (non-hydrogen) atoms. The van der Waals surface area contributed by atoms with Crippen LogP contribution in [0.1, 0.15) is 11.5 Å². The first-order valence-electron chi connectivity index (χ1n) is 5.28. The zero-order valence-electron chi connectivity index (χ0n) is 9.59. The Morgan fingerprint density at radius 3 is 2.75 bits per heavy atom. The van der Waals surface area contributed by atoms with Crippen LogP contribution in [0, 0.1) is 0 Å². The maximum atomic E-state index is 4.14. The molecule has 86 valence electrons. The molecule has 0 aliphatic rings. The molecule has 0 spiro atoms. The Kier molecular flexibility index (Phi) is 3.31. The van der Waals surface area contributed by atoms with E-state index in [4.69, 9.17) is 0 Å². The molecule has 0 amide bonds. The Hall–Kier alpha value is -1.69. The van der Waals surface area contributed by atoms with E-state index in [9.17, 15) is 0 Å². The van der Waals surface area contributed by atoms with Crippen LogP contribution in [-0.2, 0) is 27.1 Å². The van der Waals surface area contributed by atoms with Crippen LogP contribution >= 0.6 is 0 Å². The summed E-state index contributed by atoms with van der Waals surface area (Å²) in [7, 11) is 3.85. The van der Waals surface area contributed by atoms with Crippen molar-refractivity contribution in [1.29, 1.82) is 0 Å². The fourth-order valence-corrected chi connectivity index (χ4v) is 1.54. The quantitative estimate of drug-likeness (QED) is 0.714. The zero-order chi connectivity index (χ0) is 11.4. The first kappa shape index (κ1) is 10.8. The molecule has 0 radical (unpaired) electrons. The highest BCUT2D eigenvalue weighted by Gasteiger charge is 2.00. The maximum Gasteiger partial charge on any atom is 0.140 e. The molecule has 0 aliphatic heterocycles. The van der Waals surface area contributed by atoms with Gasteiger partial charge in [0.1, 0.15) is 12.2 Å². The molecule has 0 aromatic carbocycles. The second-order valence-corrected chi connectivity index (χ2v) is 3.67. The molecule has 0 unspecified atom stereocenters. The minimum Gasteiger partial charge on any atom is -0.309 e. The van der Waals surface area contributed by atoms with Crippen molar-refractivity contribution in [1.82, 2.24) is 29.9 Å². The summed E-state index contributed by atoms with van der Waals surface area (Å²) in [4.78, 5) is 4.14. The molecule has 2 aromatic heterocycles. The second kappa shape index (κ2) is 4.89. The zero-order valence-corrected chi connectivity index (χ0v) is 9.59. The molecule has 0 atom stereocenters. The van der Waals surface area contributed by atoms with Crippen molar-refractivity contribution < 1.29 is 0 Å². The molecule has 0 bridgehead atoms. The van der Waals surface area contributed by atoms with E-state index >= 15 is 0 Å². The number of hydrogen-bond donors (Lipinski definition) is 1. The highest BCUT2D eigenvalue weighted by molar-refractivity contribution is 5.00. The van der Waals surface area contributed by atoms with Crippen molar-refractivity contribution in [3.8, 4) is 0 Å². The van der Waals surface area contributed by atoms with Gasteiger partial charge in [-0.1, -0.05) is 0 Å². The molecule has 6 heteroatoms. The number of aryl methyl sites for hydroxylation is 2. The molecule has 1 N–H and O–H groups in total. The summed E-state index contributed by atoms with van der Waals surface area (Å²) in [6, 6.07) is 2.03. The number of aromatic nitrogens is 5. The number of hydrogen-bond acceptors (Lipinski definition) is 4. The molecule has 0 saturated heterocycles. The van der Waals surface area contributed by atoms with E-state index in [1.807, 2.05) is 31.0 Å². The highest BCUT2D eigenvalue weighted by atomic mass is 15.3. The van der Waals surface area contributed by atoms with Crippen LogP contribution in [0.25, 0.3) is 0 Å². The Bertz CT molecular complexity index is 401. The van der Waals surface area contributed by atoms with Gasteiger partial charge in [-0.05, 0) is 6.07 Å². The predicted molar refractivity (Wildman–Crippen MR) is 59.6 cm³/mol. The van der Waals surface area contributed by atoms with Gasteiger partial charge in [0, 0.05) is 39.0 Å². The third kappa shape index (κ3) is 2.46. The molecule has 0 saturated carbocycles.